The molecule has 1 aliphatic rings. The summed E-state index contributed by atoms with van der Waals surface area (Å²) in [6.07, 6.45) is 2.31. The molecule has 1 aromatic rings. The van der Waals surface area contributed by atoms with Crippen molar-refractivity contribution in [3.05, 3.63) is 29.3 Å². The number of hydrogen-bond donors (Lipinski definition) is 1. The Labute approximate surface area is 149 Å². The first kappa shape index (κ1) is 19.2. The van der Waals surface area contributed by atoms with Gasteiger partial charge < -0.3 is 5.32 Å². The Morgan fingerprint density at radius 2 is 1.88 bits per heavy atom. The topological polar surface area (TPSA) is 66.5 Å². The molecule has 0 saturated carbocycles. The van der Waals surface area contributed by atoms with Crippen LogP contribution in [0.5, 0.6) is 0 Å². The number of likely N-dealkylation sites (tertiary alicyclic amines) is 1. The van der Waals surface area contributed by atoms with Crippen molar-refractivity contribution in [2.75, 3.05) is 25.4 Å². The molecule has 1 fully saturated rings. The molecule has 0 spiro atoms. The smallest absolute Gasteiger partial charge is 0.221 e. The predicted molar refractivity (Wildman–Crippen MR) is 96.0 cm³/mol. The summed E-state index contributed by atoms with van der Waals surface area (Å²) in [5.41, 5.74) is -0.117. The van der Waals surface area contributed by atoms with Crippen molar-refractivity contribution in [3.63, 3.8) is 0 Å². The lowest BCUT2D eigenvalue weighted by Crippen LogP contribution is -2.50. The molecule has 0 aliphatic carbocycles. The molecule has 1 saturated heterocycles. The third-order valence-corrected chi connectivity index (χ3v) is 6.66. The maximum atomic E-state index is 12.3. The predicted octanol–water partition coefficient (Wildman–Crippen LogP) is 2.49. The number of carbonyl (C=O) groups excluding carboxylic acids is 1. The first-order chi connectivity index (χ1) is 11.2. The van der Waals surface area contributed by atoms with Gasteiger partial charge in [-0.1, -0.05) is 23.7 Å². The van der Waals surface area contributed by atoms with Crippen LogP contribution in [0.4, 0.5) is 0 Å². The number of benzene rings is 1. The van der Waals surface area contributed by atoms with Crippen molar-refractivity contribution in [2.45, 2.75) is 43.5 Å². The van der Waals surface area contributed by atoms with Crippen LogP contribution in [0.25, 0.3) is 0 Å². The largest absolute Gasteiger partial charge is 0.354 e. The number of sulfone groups is 1. The molecule has 5 nitrogen and oxygen atoms in total. The van der Waals surface area contributed by atoms with E-state index in [1.165, 1.54) is 25.0 Å². The SMILES string of the molecule is CC(C)(CNC(=O)CCS(=O)(=O)c1ccccc1Cl)N1CCCC1. The second kappa shape index (κ2) is 7.85. The van der Waals surface area contributed by atoms with Crippen LogP contribution in [0.3, 0.4) is 0 Å². The fourth-order valence-electron chi connectivity index (χ4n) is 2.87. The molecule has 0 aromatic heterocycles. The molecule has 0 bridgehead atoms. The number of hydrogen-bond acceptors (Lipinski definition) is 4. The third-order valence-electron chi connectivity index (χ3n) is 4.45. The Morgan fingerprint density at radius 1 is 1.25 bits per heavy atom. The average Bonchev–Trinajstić information content (AvgIpc) is 3.07. The van der Waals surface area contributed by atoms with Gasteiger partial charge >= 0.3 is 0 Å². The van der Waals surface area contributed by atoms with Crippen molar-refractivity contribution in [2.24, 2.45) is 0 Å². The standard InChI is InChI=1S/C17H25ClN2O3S/c1-17(2,20-10-5-6-11-20)13-19-16(21)9-12-24(22,23)15-8-4-3-7-14(15)18/h3-4,7-8H,5-6,9-13H2,1-2H3,(H,19,21). The van der Waals surface area contributed by atoms with Gasteiger partial charge in [-0.3, -0.25) is 9.69 Å². The second-order valence-electron chi connectivity index (χ2n) is 6.78. The van der Waals surface area contributed by atoms with Gasteiger partial charge in [-0.25, -0.2) is 8.42 Å². The molecule has 1 heterocycles. The van der Waals surface area contributed by atoms with Gasteiger partial charge in [0.2, 0.25) is 5.91 Å². The van der Waals surface area contributed by atoms with Crippen LogP contribution in [0.2, 0.25) is 5.02 Å². The molecule has 2 rings (SSSR count). The molecule has 0 atom stereocenters. The van der Waals surface area contributed by atoms with Crippen LogP contribution in [0.15, 0.2) is 29.2 Å². The summed E-state index contributed by atoms with van der Waals surface area (Å²) in [6, 6.07) is 6.30. The van der Waals surface area contributed by atoms with E-state index in [9.17, 15) is 13.2 Å². The minimum absolute atomic E-state index is 0.0658. The van der Waals surface area contributed by atoms with Crippen molar-refractivity contribution < 1.29 is 13.2 Å². The van der Waals surface area contributed by atoms with E-state index in [0.717, 1.165) is 13.1 Å². The maximum Gasteiger partial charge on any atom is 0.221 e. The van der Waals surface area contributed by atoms with Gasteiger partial charge in [-0.15, -0.1) is 0 Å². The summed E-state index contributed by atoms with van der Waals surface area (Å²) in [7, 11) is -3.56. The quantitative estimate of drug-likeness (QED) is 0.798. The number of halogens is 1. The zero-order chi connectivity index (χ0) is 17.8. The van der Waals surface area contributed by atoms with Crippen LogP contribution in [0, 0.1) is 0 Å². The second-order valence-corrected chi connectivity index (χ2v) is 9.27. The Morgan fingerprint density at radius 3 is 2.50 bits per heavy atom. The molecule has 1 aliphatic heterocycles. The summed E-state index contributed by atoms with van der Waals surface area (Å²) in [6.45, 7) is 6.80. The molecule has 0 unspecified atom stereocenters. The van der Waals surface area contributed by atoms with Crippen LogP contribution >= 0.6 is 11.6 Å². The van der Waals surface area contributed by atoms with Crippen LogP contribution in [-0.2, 0) is 14.6 Å². The van der Waals surface area contributed by atoms with E-state index in [2.05, 4.69) is 24.1 Å². The Hall–Kier alpha value is -1.11. The lowest BCUT2D eigenvalue weighted by molar-refractivity contribution is -0.121. The lowest BCUT2D eigenvalue weighted by atomic mass is 10.0. The monoisotopic (exact) mass is 372 g/mol. The zero-order valence-corrected chi connectivity index (χ0v) is 15.8. The highest BCUT2D eigenvalue weighted by Crippen LogP contribution is 2.22. The molecular formula is C17H25ClN2O3S. The minimum atomic E-state index is -3.56. The van der Waals surface area contributed by atoms with Crippen LogP contribution in [-0.4, -0.2) is 50.2 Å². The van der Waals surface area contributed by atoms with E-state index < -0.39 is 9.84 Å². The number of rotatable bonds is 7. The highest BCUT2D eigenvalue weighted by molar-refractivity contribution is 7.91. The number of carbonyl (C=O) groups is 1. The molecule has 24 heavy (non-hydrogen) atoms. The molecule has 1 aromatic carbocycles. The van der Waals surface area contributed by atoms with E-state index >= 15 is 0 Å². The van der Waals surface area contributed by atoms with Crippen LogP contribution < -0.4 is 5.32 Å². The summed E-state index contributed by atoms with van der Waals surface area (Å²) in [5.74, 6) is -0.495. The third kappa shape index (κ3) is 4.94. The van der Waals surface area contributed by atoms with E-state index in [-0.39, 0.29) is 33.5 Å². The van der Waals surface area contributed by atoms with Gasteiger partial charge in [0.25, 0.3) is 0 Å². The number of nitrogens with one attached hydrogen (secondary N) is 1. The maximum absolute atomic E-state index is 12.3. The average molecular weight is 373 g/mol. The van der Waals surface area contributed by atoms with Crippen LogP contribution in [0.1, 0.15) is 33.1 Å². The minimum Gasteiger partial charge on any atom is -0.354 e. The van der Waals surface area contributed by atoms with Crippen molar-refractivity contribution in [3.8, 4) is 0 Å². The fraction of sp³-hybridized carbons (Fsp3) is 0.588. The zero-order valence-electron chi connectivity index (χ0n) is 14.2. The van der Waals surface area contributed by atoms with Gasteiger partial charge in [0.1, 0.15) is 0 Å². The number of nitrogens with zero attached hydrogens (tertiary/aromatic N) is 1. The normalized spacial score (nSPS) is 16.3. The Bertz CT molecular complexity index is 683. The van der Waals surface area contributed by atoms with Crippen molar-refractivity contribution in [1.29, 1.82) is 0 Å². The summed E-state index contributed by atoms with van der Waals surface area (Å²) in [5, 5.41) is 3.05. The van der Waals surface area contributed by atoms with Gasteiger partial charge in [0.15, 0.2) is 9.84 Å². The highest BCUT2D eigenvalue weighted by Gasteiger charge is 2.29. The van der Waals surface area contributed by atoms with Crippen molar-refractivity contribution in [1.82, 2.24) is 10.2 Å². The van der Waals surface area contributed by atoms with Gasteiger partial charge in [0.05, 0.1) is 15.7 Å². The molecular weight excluding hydrogens is 348 g/mol. The summed E-state index contributed by atoms with van der Waals surface area (Å²) < 4.78 is 24.6. The van der Waals surface area contributed by atoms with Gasteiger partial charge in [-0.05, 0) is 51.9 Å². The van der Waals surface area contributed by atoms with E-state index in [0.29, 0.717) is 6.54 Å². The highest BCUT2D eigenvalue weighted by atomic mass is 35.5. The Balaban J connectivity index is 1.86. The van der Waals surface area contributed by atoms with E-state index in [4.69, 9.17) is 11.6 Å². The molecule has 0 radical (unpaired) electrons. The molecule has 7 heteroatoms. The fourth-order valence-corrected chi connectivity index (χ4v) is 4.68. The first-order valence-electron chi connectivity index (χ1n) is 8.21. The van der Waals surface area contributed by atoms with E-state index in [1.54, 1.807) is 12.1 Å². The first-order valence-corrected chi connectivity index (χ1v) is 10.2. The van der Waals surface area contributed by atoms with Crippen molar-refractivity contribution >= 4 is 27.3 Å². The lowest BCUT2D eigenvalue weighted by Gasteiger charge is -2.35. The number of amides is 1. The molecule has 1 N–H and O–H groups in total. The van der Waals surface area contributed by atoms with E-state index in [1.807, 2.05) is 0 Å². The molecule has 1 amide bonds. The Kier molecular flexibility index (Phi) is 6.28. The van der Waals surface area contributed by atoms with Gasteiger partial charge in [-0.2, -0.15) is 0 Å². The van der Waals surface area contributed by atoms with Gasteiger partial charge in [0, 0.05) is 18.5 Å². The summed E-state index contributed by atoms with van der Waals surface area (Å²) in [4.78, 5) is 14.5. The molecule has 134 valence electrons. The summed E-state index contributed by atoms with van der Waals surface area (Å²) >= 11 is 5.93.